The number of anilines is 1. The van der Waals surface area contributed by atoms with Crippen molar-refractivity contribution in [3.8, 4) is 0 Å². The SMILES string of the molecule is Nc1nc2c(ncn2[C@H]2O[C@H](COP(=O)(O)O)[C@@H](O)[C@H]2O)c(=O)[nH]1. The van der Waals surface area contributed by atoms with Crippen LogP contribution in [0.25, 0.3) is 11.2 Å². The molecule has 24 heavy (non-hydrogen) atoms. The molecule has 0 spiro atoms. The highest BCUT2D eigenvalue weighted by Crippen LogP contribution is 2.38. The van der Waals surface area contributed by atoms with Crippen LogP contribution in [0.3, 0.4) is 0 Å². The van der Waals surface area contributed by atoms with E-state index in [9.17, 15) is 19.6 Å². The van der Waals surface area contributed by atoms with E-state index in [0.29, 0.717) is 0 Å². The molecule has 0 saturated carbocycles. The second-order valence-electron chi connectivity index (χ2n) is 5.11. The van der Waals surface area contributed by atoms with Crippen molar-refractivity contribution in [2.45, 2.75) is 24.5 Å². The number of aliphatic hydroxyl groups excluding tert-OH is 2. The summed E-state index contributed by atoms with van der Waals surface area (Å²) in [6.07, 6.45) is -4.22. The molecule has 3 heterocycles. The molecule has 0 bridgehead atoms. The van der Waals surface area contributed by atoms with Gasteiger partial charge in [-0.2, -0.15) is 4.98 Å². The lowest BCUT2D eigenvalue weighted by atomic mass is 10.1. The lowest BCUT2D eigenvalue weighted by molar-refractivity contribution is -0.0503. The largest absolute Gasteiger partial charge is 0.469 e. The number of aliphatic hydroxyl groups is 2. The van der Waals surface area contributed by atoms with Crippen molar-refractivity contribution in [1.82, 2.24) is 19.5 Å². The highest BCUT2D eigenvalue weighted by atomic mass is 31.2. The topological polar surface area (TPSA) is 206 Å². The van der Waals surface area contributed by atoms with E-state index in [1.165, 1.54) is 10.9 Å². The molecule has 0 aromatic carbocycles. The van der Waals surface area contributed by atoms with Gasteiger partial charge in [0.1, 0.15) is 18.3 Å². The van der Waals surface area contributed by atoms with Gasteiger partial charge in [-0.3, -0.25) is 18.9 Å². The van der Waals surface area contributed by atoms with Gasteiger partial charge in [-0.1, -0.05) is 0 Å². The Morgan fingerprint density at radius 2 is 2.12 bits per heavy atom. The first kappa shape index (κ1) is 17.0. The molecule has 13 nitrogen and oxygen atoms in total. The van der Waals surface area contributed by atoms with E-state index < -0.39 is 44.5 Å². The van der Waals surface area contributed by atoms with E-state index >= 15 is 0 Å². The van der Waals surface area contributed by atoms with Crippen LogP contribution in [-0.2, 0) is 13.8 Å². The van der Waals surface area contributed by atoms with Gasteiger partial charge >= 0.3 is 7.82 Å². The van der Waals surface area contributed by atoms with Gasteiger partial charge in [0.15, 0.2) is 17.4 Å². The molecular weight excluding hydrogens is 349 g/mol. The van der Waals surface area contributed by atoms with Gasteiger partial charge in [-0.25, -0.2) is 9.55 Å². The van der Waals surface area contributed by atoms with E-state index in [0.717, 1.165) is 0 Å². The first-order valence-electron chi connectivity index (χ1n) is 6.61. The van der Waals surface area contributed by atoms with Crippen LogP contribution >= 0.6 is 7.82 Å². The molecular formula is C10H14N5O8P. The number of aromatic amines is 1. The Bertz CT molecular complexity index is 861. The first-order chi connectivity index (χ1) is 11.2. The standard InChI is InChI=1S/C10H14N5O8P/c11-10-13-7-4(8(18)14-10)12-2-15(7)9-6(17)5(16)3(23-9)1-22-24(19,20)21/h2-3,5-6,9,16-17H,1H2,(H2,19,20,21)(H3,11,13,14,18)/t3-,5-,6-,9+/m1/s1. The normalized spacial score (nSPS) is 27.8. The number of hydrogen-bond donors (Lipinski definition) is 6. The number of H-pyrrole nitrogens is 1. The number of ether oxygens (including phenoxy) is 1. The second kappa shape index (κ2) is 5.89. The Hall–Kier alpha value is -1.86. The lowest BCUT2D eigenvalue weighted by Gasteiger charge is -2.16. The molecule has 0 aliphatic carbocycles. The number of nitrogens with two attached hydrogens (primary N) is 1. The zero-order valence-corrected chi connectivity index (χ0v) is 12.8. The Balaban J connectivity index is 1.90. The fourth-order valence-corrected chi connectivity index (χ4v) is 2.74. The molecule has 1 aliphatic rings. The summed E-state index contributed by atoms with van der Waals surface area (Å²) in [5.74, 6) is -0.177. The molecule has 2 aromatic rings. The summed E-state index contributed by atoms with van der Waals surface area (Å²) in [6, 6.07) is 0. The van der Waals surface area contributed by atoms with Gasteiger partial charge in [0.25, 0.3) is 5.56 Å². The molecule has 7 N–H and O–H groups in total. The average molecular weight is 363 g/mol. The van der Waals surface area contributed by atoms with E-state index in [2.05, 4.69) is 19.5 Å². The molecule has 1 saturated heterocycles. The van der Waals surface area contributed by atoms with Gasteiger partial charge in [0, 0.05) is 0 Å². The van der Waals surface area contributed by atoms with Crippen molar-refractivity contribution in [2.24, 2.45) is 0 Å². The Labute approximate surface area is 132 Å². The van der Waals surface area contributed by atoms with Crippen molar-refractivity contribution < 1.29 is 33.8 Å². The fourth-order valence-electron chi connectivity index (χ4n) is 2.40. The summed E-state index contributed by atoms with van der Waals surface area (Å²) in [7, 11) is -4.76. The molecule has 3 rings (SSSR count). The van der Waals surface area contributed by atoms with Crippen LogP contribution in [0.2, 0.25) is 0 Å². The molecule has 4 atom stereocenters. The number of fused-ring (bicyclic) bond motifs is 1. The van der Waals surface area contributed by atoms with E-state index in [4.69, 9.17) is 20.3 Å². The summed E-state index contributed by atoms with van der Waals surface area (Å²) >= 11 is 0. The summed E-state index contributed by atoms with van der Waals surface area (Å²) in [5.41, 5.74) is 4.84. The van der Waals surface area contributed by atoms with Gasteiger partial charge in [0.05, 0.1) is 12.9 Å². The maximum Gasteiger partial charge on any atom is 0.469 e. The van der Waals surface area contributed by atoms with Crippen LogP contribution in [0.5, 0.6) is 0 Å². The molecule has 0 unspecified atom stereocenters. The number of phosphoric acid groups is 1. The quantitative estimate of drug-likeness (QED) is 0.311. The van der Waals surface area contributed by atoms with Crippen molar-refractivity contribution >= 4 is 24.9 Å². The number of imidazole rings is 1. The predicted molar refractivity (Wildman–Crippen MR) is 76.5 cm³/mol. The zero-order valence-electron chi connectivity index (χ0n) is 11.9. The average Bonchev–Trinajstić information content (AvgIpc) is 3.00. The number of nitrogens with one attached hydrogen (secondary N) is 1. The number of rotatable bonds is 4. The van der Waals surface area contributed by atoms with Crippen molar-refractivity contribution in [3.63, 3.8) is 0 Å². The van der Waals surface area contributed by atoms with Crippen LogP contribution in [0.4, 0.5) is 5.95 Å². The molecule has 2 aromatic heterocycles. The molecule has 1 fully saturated rings. The third-order valence-corrected chi connectivity index (χ3v) is 3.95. The third-order valence-electron chi connectivity index (χ3n) is 3.47. The molecule has 14 heteroatoms. The fraction of sp³-hybridized carbons (Fsp3) is 0.500. The monoisotopic (exact) mass is 363 g/mol. The summed E-state index contributed by atoms with van der Waals surface area (Å²) in [5, 5.41) is 20.1. The van der Waals surface area contributed by atoms with Gasteiger partial charge < -0.3 is 30.5 Å². The summed E-state index contributed by atoms with van der Waals surface area (Å²) in [4.78, 5) is 39.1. The number of nitrogens with zero attached hydrogens (tertiary/aromatic N) is 3. The number of phosphoric ester groups is 1. The zero-order chi connectivity index (χ0) is 17.6. The number of aromatic nitrogens is 4. The minimum absolute atomic E-state index is 0.0176. The smallest absolute Gasteiger partial charge is 0.387 e. The predicted octanol–water partition coefficient (Wildman–Crippen LogP) is -2.57. The third kappa shape index (κ3) is 3.06. The first-order valence-corrected chi connectivity index (χ1v) is 8.14. The van der Waals surface area contributed by atoms with Crippen molar-refractivity contribution in [1.29, 1.82) is 0 Å². The van der Waals surface area contributed by atoms with Crippen LogP contribution in [0, 0.1) is 0 Å². The van der Waals surface area contributed by atoms with Crippen LogP contribution in [-0.4, -0.2) is 64.4 Å². The van der Waals surface area contributed by atoms with Gasteiger partial charge in [0.2, 0.25) is 5.95 Å². The van der Waals surface area contributed by atoms with E-state index in [1.54, 1.807) is 0 Å². The van der Waals surface area contributed by atoms with Crippen molar-refractivity contribution in [3.05, 3.63) is 16.7 Å². The van der Waals surface area contributed by atoms with Crippen LogP contribution in [0.15, 0.2) is 11.1 Å². The summed E-state index contributed by atoms with van der Waals surface area (Å²) < 4.78 is 21.6. The Kier molecular flexibility index (Phi) is 4.17. The van der Waals surface area contributed by atoms with Crippen molar-refractivity contribution in [2.75, 3.05) is 12.3 Å². The van der Waals surface area contributed by atoms with Gasteiger partial charge in [-0.15, -0.1) is 0 Å². The van der Waals surface area contributed by atoms with Crippen LogP contribution < -0.4 is 11.3 Å². The van der Waals surface area contributed by atoms with E-state index in [-0.39, 0.29) is 17.1 Å². The molecule has 0 amide bonds. The molecule has 1 aliphatic heterocycles. The maximum atomic E-state index is 11.7. The highest BCUT2D eigenvalue weighted by molar-refractivity contribution is 7.46. The van der Waals surface area contributed by atoms with Gasteiger partial charge in [-0.05, 0) is 0 Å². The highest BCUT2D eigenvalue weighted by Gasteiger charge is 2.45. The maximum absolute atomic E-state index is 11.7. The van der Waals surface area contributed by atoms with Crippen LogP contribution in [0.1, 0.15) is 6.23 Å². The van der Waals surface area contributed by atoms with E-state index in [1.807, 2.05) is 0 Å². The Morgan fingerprint density at radius 1 is 1.42 bits per heavy atom. The second-order valence-corrected chi connectivity index (χ2v) is 6.35. The lowest BCUT2D eigenvalue weighted by Crippen LogP contribution is -2.33. The minimum atomic E-state index is -4.76. The number of nitrogen functional groups attached to an aromatic ring is 1. The molecule has 132 valence electrons. The minimum Gasteiger partial charge on any atom is -0.387 e. The Morgan fingerprint density at radius 3 is 2.79 bits per heavy atom. The summed E-state index contributed by atoms with van der Waals surface area (Å²) in [6.45, 7) is -0.651. The molecule has 0 radical (unpaired) electrons. The number of hydrogen-bond acceptors (Lipinski definition) is 9.